The number of benzene rings is 1. The van der Waals surface area contributed by atoms with Gasteiger partial charge in [-0.1, -0.05) is 31.5 Å². The second-order valence-electron chi connectivity index (χ2n) is 5.37. The largest absolute Gasteiger partial charge is 0.396 e. The van der Waals surface area contributed by atoms with Crippen molar-refractivity contribution in [2.45, 2.75) is 32.6 Å². The third-order valence-corrected chi connectivity index (χ3v) is 3.70. The van der Waals surface area contributed by atoms with Crippen molar-refractivity contribution in [3.05, 3.63) is 30.0 Å². The summed E-state index contributed by atoms with van der Waals surface area (Å²) < 4.78 is 0. The summed E-state index contributed by atoms with van der Waals surface area (Å²) in [5, 5.41) is 20.1. The van der Waals surface area contributed by atoms with E-state index in [0.29, 0.717) is 18.9 Å². The van der Waals surface area contributed by atoms with Crippen LogP contribution in [0.5, 0.6) is 0 Å². The first-order valence-electron chi connectivity index (χ1n) is 7.54. The SMILES string of the molecule is CCCC(CCO)CNC(=O)Cc1[nH]nc2ccccc12. The molecule has 5 nitrogen and oxygen atoms in total. The number of nitrogens with one attached hydrogen (secondary N) is 2. The van der Waals surface area contributed by atoms with Crippen molar-refractivity contribution in [2.75, 3.05) is 13.2 Å². The summed E-state index contributed by atoms with van der Waals surface area (Å²) in [7, 11) is 0. The van der Waals surface area contributed by atoms with Gasteiger partial charge in [0.1, 0.15) is 0 Å². The molecule has 0 fully saturated rings. The molecule has 2 aromatic rings. The van der Waals surface area contributed by atoms with Gasteiger partial charge < -0.3 is 10.4 Å². The molecule has 1 unspecified atom stereocenters. The number of aliphatic hydroxyl groups is 1. The molecule has 0 aliphatic heterocycles. The average Bonchev–Trinajstić information content (AvgIpc) is 2.89. The normalized spacial score (nSPS) is 12.5. The quantitative estimate of drug-likeness (QED) is 0.695. The Bertz CT molecular complexity index is 574. The second-order valence-corrected chi connectivity index (χ2v) is 5.37. The van der Waals surface area contributed by atoms with Gasteiger partial charge in [0.05, 0.1) is 17.6 Å². The van der Waals surface area contributed by atoms with E-state index in [0.717, 1.165) is 35.9 Å². The van der Waals surface area contributed by atoms with E-state index in [1.54, 1.807) is 0 Å². The molecule has 21 heavy (non-hydrogen) atoms. The summed E-state index contributed by atoms with van der Waals surface area (Å²) in [5.41, 5.74) is 1.72. The highest BCUT2D eigenvalue weighted by Crippen LogP contribution is 2.15. The maximum Gasteiger partial charge on any atom is 0.226 e. The molecule has 114 valence electrons. The van der Waals surface area contributed by atoms with Gasteiger partial charge in [0.25, 0.3) is 0 Å². The van der Waals surface area contributed by atoms with Crippen molar-refractivity contribution < 1.29 is 9.90 Å². The minimum Gasteiger partial charge on any atom is -0.396 e. The Hall–Kier alpha value is -1.88. The summed E-state index contributed by atoms with van der Waals surface area (Å²) in [6, 6.07) is 7.76. The second kappa shape index (κ2) is 7.78. The van der Waals surface area contributed by atoms with Crippen LogP contribution in [0.3, 0.4) is 0 Å². The van der Waals surface area contributed by atoms with Crippen LogP contribution < -0.4 is 5.32 Å². The van der Waals surface area contributed by atoms with Gasteiger partial charge in [0.2, 0.25) is 5.91 Å². The van der Waals surface area contributed by atoms with Crippen LogP contribution in [0.15, 0.2) is 24.3 Å². The van der Waals surface area contributed by atoms with Crippen LogP contribution in [0.25, 0.3) is 10.9 Å². The maximum absolute atomic E-state index is 12.0. The number of nitrogens with zero attached hydrogens (tertiary/aromatic N) is 1. The number of aliphatic hydroxyl groups excluding tert-OH is 1. The molecule has 1 aromatic heterocycles. The lowest BCUT2D eigenvalue weighted by Crippen LogP contribution is -2.31. The van der Waals surface area contributed by atoms with Gasteiger partial charge in [-0.3, -0.25) is 9.89 Å². The van der Waals surface area contributed by atoms with Crippen LogP contribution >= 0.6 is 0 Å². The standard InChI is InChI=1S/C16H23N3O2/c1-2-5-12(8-9-20)11-17-16(21)10-15-13-6-3-4-7-14(13)18-19-15/h3-4,6-7,12,20H,2,5,8-11H2,1H3,(H,17,21)(H,18,19). The van der Waals surface area contributed by atoms with Crippen LogP contribution in [0.2, 0.25) is 0 Å². The molecule has 1 atom stereocenters. The molecule has 3 N–H and O–H groups in total. The Balaban J connectivity index is 1.89. The highest BCUT2D eigenvalue weighted by molar-refractivity contribution is 5.87. The monoisotopic (exact) mass is 289 g/mol. The minimum absolute atomic E-state index is 0.0107. The average molecular weight is 289 g/mol. The van der Waals surface area contributed by atoms with Crippen molar-refractivity contribution in [3.63, 3.8) is 0 Å². The van der Waals surface area contributed by atoms with E-state index in [1.165, 1.54) is 0 Å². The number of hydrogen-bond acceptors (Lipinski definition) is 3. The summed E-state index contributed by atoms with van der Waals surface area (Å²) in [6.45, 7) is 2.91. The number of para-hydroxylation sites is 1. The van der Waals surface area contributed by atoms with E-state index in [9.17, 15) is 4.79 Å². The molecule has 0 aliphatic carbocycles. The van der Waals surface area contributed by atoms with Gasteiger partial charge in [-0.15, -0.1) is 0 Å². The van der Waals surface area contributed by atoms with Crippen molar-refractivity contribution in [1.82, 2.24) is 15.5 Å². The lowest BCUT2D eigenvalue weighted by Gasteiger charge is -2.15. The number of carbonyl (C=O) groups excluding carboxylic acids is 1. The third kappa shape index (κ3) is 4.29. The van der Waals surface area contributed by atoms with Gasteiger partial charge in [-0.2, -0.15) is 5.10 Å². The topological polar surface area (TPSA) is 78.0 Å². The van der Waals surface area contributed by atoms with Gasteiger partial charge in [-0.25, -0.2) is 0 Å². The zero-order chi connectivity index (χ0) is 15.1. The van der Waals surface area contributed by atoms with Crippen molar-refractivity contribution in [2.24, 2.45) is 5.92 Å². The predicted octanol–water partition coefficient (Wildman–Crippen LogP) is 2.02. The Morgan fingerprint density at radius 3 is 2.95 bits per heavy atom. The van der Waals surface area contributed by atoms with Gasteiger partial charge >= 0.3 is 0 Å². The van der Waals surface area contributed by atoms with Gasteiger partial charge in [0, 0.05) is 18.5 Å². The molecule has 1 amide bonds. The third-order valence-electron chi connectivity index (χ3n) is 3.70. The molecular weight excluding hydrogens is 266 g/mol. The van der Waals surface area contributed by atoms with E-state index in [1.807, 2.05) is 24.3 Å². The molecular formula is C16H23N3O2. The van der Waals surface area contributed by atoms with Crippen LogP contribution in [0.1, 0.15) is 31.9 Å². The smallest absolute Gasteiger partial charge is 0.226 e. The number of amides is 1. The molecule has 0 saturated carbocycles. The van der Waals surface area contributed by atoms with Crippen molar-refractivity contribution >= 4 is 16.8 Å². The molecule has 1 heterocycles. The fourth-order valence-corrected chi connectivity index (χ4v) is 2.57. The number of carbonyl (C=O) groups is 1. The van der Waals surface area contributed by atoms with Gasteiger partial charge in [0.15, 0.2) is 0 Å². The summed E-state index contributed by atoms with van der Waals surface area (Å²) in [5.74, 6) is 0.339. The van der Waals surface area contributed by atoms with E-state index in [4.69, 9.17) is 5.11 Å². The first kappa shape index (κ1) is 15.5. The lowest BCUT2D eigenvalue weighted by molar-refractivity contribution is -0.120. The molecule has 5 heteroatoms. The van der Waals surface area contributed by atoms with Crippen molar-refractivity contribution in [3.8, 4) is 0 Å². The molecule has 0 saturated heterocycles. The van der Waals surface area contributed by atoms with Gasteiger partial charge in [-0.05, 0) is 24.8 Å². The zero-order valence-electron chi connectivity index (χ0n) is 12.4. The minimum atomic E-state index is -0.0107. The van der Waals surface area contributed by atoms with E-state index in [2.05, 4.69) is 22.4 Å². The Morgan fingerprint density at radius 1 is 1.38 bits per heavy atom. The molecule has 0 radical (unpaired) electrons. The highest BCUT2D eigenvalue weighted by atomic mass is 16.3. The molecule has 2 rings (SSSR count). The fourth-order valence-electron chi connectivity index (χ4n) is 2.57. The summed E-state index contributed by atoms with van der Waals surface area (Å²) in [4.78, 5) is 12.0. The molecule has 0 spiro atoms. The van der Waals surface area contributed by atoms with E-state index in [-0.39, 0.29) is 12.5 Å². The molecule has 1 aromatic carbocycles. The number of fused-ring (bicyclic) bond motifs is 1. The number of rotatable bonds is 8. The zero-order valence-corrected chi connectivity index (χ0v) is 12.4. The maximum atomic E-state index is 12.0. The van der Waals surface area contributed by atoms with Crippen molar-refractivity contribution in [1.29, 1.82) is 0 Å². The lowest BCUT2D eigenvalue weighted by atomic mass is 10.0. The van der Waals surface area contributed by atoms with E-state index >= 15 is 0 Å². The Kier molecular flexibility index (Phi) is 5.75. The summed E-state index contributed by atoms with van der Waals surface area (Å²) in [6.07, 6.45) is 3.12. The Morgan fingerprint density at radius 2 is 2.19 bits per heavy atom. The number of aromatic amines is 1. The molecule has 0 bridgehead atoms. The number of H-pyrrole nitrogens is 1. The highest BCUT2D eigenvalue weighted by Gasteiger charge is 2.12. The van der Waals surface area contributed by atoms with Crippen LogP contribution in [0, 0.1) is 5.92 Å². The summed E-state index contributed by atoms with van der Waals surface area (Å²) >= 11 is 0. The van der Waals surface area contributed by atoms with Crippen LogP contribution in [-0.4, -0.2) is 34.4 Å². The van der Waals surface area contributed by atoms with E-state index < -0.39 is 0 Å². The van der Waals surface area contributed by atoms with Crippen LogP contribution in [-0.2, 0) is 11.2 Å². The first-order chi connectivity index (χ1) is 10.2. The number of aromatic nitrogens is 2. The first-order valence-corrected chi connectivity index (χ1v) is 7.54. The molecule has 0 aliphatic rings. The fraction of sp³-hybridized carbons (Fsp3) is 0.500. The number of hydrogen-bond donors (Lipinski definition) is 3. The Labute approximate surface area is 124 Å². The predicted molar refractivity (Wildman–Crippen MR) is 82.9 cm³/mol. The van der Waals surface area contributed by atoms with Crippen LogP contribution in [0.4, 0.5) is 0 Å².